The van der Waals surface area contributed by atoms with Crippen molar-refractivity contribution in [3.05, 3.63) is 82.9 Å². The molecule has 1 heterocycles. The van der Waals surface area contributed by atoms with Crippen LogP contribution in [0.1, 0.15) is 21.6 Å². The van der Waals surface area contributed by atoms with Gasteiger partial charge in [-0.25, -0.2) is 4.98 Å². The Morgan fingerprint density at radius 3 is 2.39 bits per heavy atom. The predicted molar refractivity (Wildman–Crippen MR) is 127 cm³/mol. The van der Waals surface area contributed by atoms with Crippen LogP contribution in [0.2, 0.25) is 0 Å². The van der Waals surface area contributed by atoms with Gasteiger partial charge in [0, 0.05) is 31.1 Å². The summed E-state index contributed by atoms with van der Waals surface area (Å²) in [5, 5.41) is 7.67. The second-order valence-electron chi connectivity index (χ2n) is 7.22. The second kappa shape index (κ2) is 12.5. The fraction of sp³-hybridized carbons (Fsp3) is 0.250. The molecule has 8 nitrogen and oxygen atoms in total. The number of hydrogen-bond acceptors (Lipinski definition) is 6. The molecule has 3 aromatic rings. The lowest BCUT2D eigenvalue weighted by atomic mass is 10.2. The predicted octanol–water partition coefficient (Wildman–Crippen LogP) is 2.73. The molecule has 0 saturated heterocycles. The molecule has 172 valence electrons. The molecule has 0 spiro atoms. The summed E-state index contributed by atoms with van der Waals surface area (Å²) in [4.78, 5) is 43.2. The van der Waals surface area contributed by atoms with Gasteiger partial charge in [-0.3, -0.25) is 14.4 Å². The van der Waals surface area contributed by atoms with E-state index in [9.17, 15) is 14.4 Å². The van der Waals surface area contributed by atoms with Gasteiger partial charge in [-0.1, -0.05) is 48.5 Å². The van der Waals surface area contributed by atoms with Gasteiger partial charge in [0.1, 0.15) is 6.54 Å². The monoisotopic (exact) mass is 466 g/mol. The Morgan fingerprint density at radius 2 is 1.70 bits per heavy atom. The van der Waals surface area contributed by atoms with E-state index in [1.54, 1.807) is 36.8 Å². The van der Waals surface area contributed by atoms with E-state index in [4.69, 9.17) is 4.74 Å². The minimum Gasteiger partial charge on any atom is -0.383 e. The Kier molecular flexibility index (Phi) is 9.10. The van der Waals surface area contributed by atoms with E-state index in [1.807, 2.05) is 36.4 Å². The lowest BCUT2D eigenvalue weighted by Gasteiger charge is -2.21. The van der Waals surface area contributed by atoms with E-state index in [2.05, 4.69) is 15.6 Å². The lowest BCUT2D eigenvalue weighted by Crippen LogP contribution is -2.40. The molecular weight excluding hydrogens is 440 g/mol. The molecule has 0 atom stereocenters. The van der Waals surface area contributed by atoms with Crippen molar-refractivity contribution in [2.45, 2.75) is 13.0 Å². The van der Waals surface area contributed by atoms with E-state index in [0.29, 0.717) is 29.5 Å². The maximum Gasteiger partial charge on any atom is 0.254 e. The fourth-order valence-electron chi connectivity index (χ4n) is 3.02. The van der Waals surface area contributed by atoms with Crippen LogP contribution in [0.5, 0.6) is 0 Å². The van der Waals surface area contributed by atoms with Crippen molar-refractivity contribution in [1.29, 1.82) is 0 Å². The third-order valence-corrected chi connectivity index (χ3v) is 5.49. The summed E-state index contributed by atoms with van der Waals surface area (Å²) in [5.74, 6) is -0.774. The van der Waals surface area contributed by atoms with Crippen LogP contribution in [0.25, 0.3) is 0 Å². The maximum atomic E-state index is 12.8. The van der Waals surface area contributed by atoms with Crippen LogP contribution < -0.4 is 10.6 Å². The highest BCUT2D eigenvalue weighted by Gasteiger charge is 2.19. The van der Waals surface area contributed by atoms with Gasteiger partial charge in [-0.15, -0.1) is 11.3 Å². The van der Waals surface area contributed by atoms with Gasteiger partial charge in [-0.2, -0.15) is 0 Å². The molecule has 0 aliphatic rings. The van der Waals surface area contributed by atoms with Crippen molar-refractivity contribution in [1.82, 2.24) is 15.2 Å². The van der Waals surface area contributed by atoms with Gasteiger partial charge in [0.2, 0.25) is 11.8 Å². The number of methoxy groups -OCH3 is 1. The van der Waals surface area contributed by atoms with Gasteiger partial charge in [0.05, 0.1) is 18.7 Å². The molecule has 3 rings (SSSR count). The summed E-state index contributed by atoms with van der Waals surface area (Å²) < 4.78 is 5.07. The minimum absolute atomic E-state index is 0.117. The van der Waals surface area contributed by atoms with Crippen molar-refractivity contribution in [3.8, 4) is 0 Å². The number of aromatic nitrogens is 1. The third-order valence-electron chi connectivity index (χ3n) is 4.68. The summed E-state index contributed by atoms with van der Waals surface area (Å²) >= 11 is 1.23. The molecule has 0 fully saturated rings. The van der Waals surface area contributed by atoms with Crippen molar-refractivity contribution in [2.24, 2.45) is 0 Å². The zero-order chi connectivity index (χ0) is 23.5. The van der Waals surface area contributed by atoms with Gasteiger partial charge in [0.15, 0.2) is 5.13 Å². The molecule has 0 aliphatic heterocycles. The van der Waals surface area contributed by atoms with E-state index in [-0.39, 0.29) is 37.2 Å². The lowest BCUT2D eigenvalue weighted by molar-refractivity contribution is -0.120. The molecule has 0 radical (unpaired) electrons. The van der Waals surface area contributed by atoms with E-state index < -0.39 is 0 Å². The van der Waals surface area contributed by atoms with Crippen molar-refractivity contribution in [3.63, 3.8) is 0 Å². The van der Waals surface area contributed by atoms with Gasteiger partial charge in [-0.05, 0) is 17.7 Å². The Hall–Kier alpha value is -3.56. The zero-order valence-electron chi connectivity index (χ0n) is 18.3. The highest BCUT2D eigenvalue weighted by Crippen LogP contribution is 2.16. The number of anilines is 1. The Balaban J connectivity index is 1.51. The van der Waals surface area contributed by atoms with Crippen LogP contribution in [0, 0.1) is 0 Å². The molecule has 33 heavy (non-hydrogen) atoms. The molecule has 1 aromatic heterocycles. The van der Waals surface area contributed by atoms with Gasteiger partial charge < -0.3 is 20.3 Å². The number of hydrogen-bond donors (Lipinski definition) is 2. The first-order chi connectivity index (χ1) is 16.0. The van der Waals surface area contributed by atoms with Gasteiger partial charge in [0.25, 0.3) is 5.91 Å². The standard InChI is InChI=1S/C24H26N4O4S/c1-32-13-12-28(23(31)19-10-6-3-7-11-19)16-22(30)27-24-26-20(17-33-24)14-21(29)25-15-18-8-4-2-5-9-18/h2-11,17H,12-16H2,1H3,(H,25,29)(H,26,27,30). The molecule has 2 aromatic carbocycles. The number of carbonyl (C=O) groups excluding carboxylic acids is 3. The van der Waals surface area contributed by atoms with Crippen molar-refractivity contribution >= 4 is 34.2 Å². The third kappa shape index (κ3) is 7.81. The number of nitrogens with zero attached hydrogens (tertiary/aromatic N) is 2. The fourth-order valence-corrected chi connectivity index (χ4v) is 3.74. The maximum absolute atomic E-state index is 12.8. The number of rotatable bonds is 11. The number of nitrogens with one attached hydrogen (secondary N) is 2. The number of benzene rings is 2. The number of ether oxygens (including phenoxy) is 1. The SMILES string of the molecule is COCCN(CC(=O)Nc1nc(CC(=O)NCc2ccccc2)cs1)C(=O)c1ccccc1. The van der Waals surface area contributed by atoms with Crippen LogP contribution in [-0.2, 0) is 27.3 Å². The number of thiazole rings is 1. The quantitative estimate of drug-likeness (QED) is 0.453. The Bertz CT molecular complexity index is 1060. The van der Waals surface area contributed by atoms with Crippen molar-refractivity contribution in [2.75, 3.05) is 32.1 Å². The summed E-state index contributed by atoms with van der Waals surface area (Å²) in [6.45, 7) is 0.900. The molecule has 0 aliphatic carbocycles. The minimum atomic E-state index is -0.371. The van der Waals surface area contributed by atoms with E-state index >= 15 is 0 Å². The normalized spacial score (nSPS) is 10.5. The summed E-state index contributed by atoms with van der Waals surface area (Å²) in [6.07, 6.45) is 0.117. The van der Waals surface area contributed by atoms with E-state index in [0.717, 1.165) is 5.56 Å². The summed E-state index contributed by atoms with van der Waals surface area (Å²) in [5.41, 5.74) is 2.08. The molecule has 0 unspecified atom stereocenters. The number of carbonyl (C=O) groups is 3. The zero-order valence-corrected chi connectivity index (χ0v) is 19.1. The van der Waals surface area contributed by atoms with E-state index in [1.165, 1.54) is 16.2 Å². The van der Waals surface area contributed by atoms with Crippen molar-refractivity contribution < 1.29 is 19.1 Å². The largest absolute Gasteiger partial charge is 0.383 e. The molecule has 2 N–H and O–H groups in total. The van der Waals surface area contributed by atoms with Crippen LogP contribution in [-0.4, -0.2) is 54.4 Å². The molecule has 9 heteroatoms. The van der Waals surface area contributed by atoms with Crippen LogP contribution in [0.3, 0.4) is 0 Å². The van der Waals surface area contributed by atoms with Gasteiger partial charge >= 0.3 is 0 Å². The summed E-state index contributed by atoms with van der Waals surface area (Å²) in [7, 11) is 1.54. The Morgan fingerprint density at radius 1 is 1.00 bits per heavy atom. The second-order valence-corrected chi connectivity index (χ2v) is 8.07. The highest BCUT2D eigenvalue weighted by molar-refractivity contribution is 7.13. The van der Waals surface area contributed by atoms with Crippen LogP contribution >= 0.6 is 11.3 Å². The highest BCUT2D eigenvalue weighted by atomic mass is 32.1. The Labute approximate surface area is 196 Å². The average Bonchev–Trinajstić information content (AvgIpc) is 3.27. The summed E-state index contributed by atoms with van der Waals surface area (Å²) in [6, 6.07) is 18.4. The van der Waals surface area contributed by atoms with Crippen LogP contribution in [0.15, 0.2) is 66.0 Å². The average molecular weight is 467 g/mol. The topological polar surface area (TPSA) is 101 Å². The first-order valence-electron chi connectivity index (χ1n) is 10.4. The molecule has 0 saturated carbocycles. The smallest absolute Gasteiger partial charge is 0.254 e. The van der Waals surface area contributed by atoms with Crippen LogP contribution in [0.4, 0.5) is 5.13 Å². The molecule has 3 amide bonds. The molecular formula is C24H26N4O4S. The first kappa shape index (κ1) is 24.1. The number of amides is 3. The molecule has 0 bridgehead atoms. The first-order valence-corrected chi connectivity index (χ1v) is 11.3.